The number of aryl methyl sites for hydroxylation is 1. The molecule has 0 bridgehead atoms. The van der Waals surface area contributed by atoms with Crippen molar-refractivity contribution >= 4 is 32.4 Å². The molecule has 0 unspecified atom stereocenters. The van der Waals surface area contributed by atoms with Crippen LogP contribution in [0.15, 0.2) is 115 Å². The second-order valence-corrected chi connectivity index (χ2v) is 10.9. The average molecular weight is 705 g/mol. The normalized spacial score (nSPS) is 12.8. The molecule has 0 aliphatic heterocycles. The Kier molecular flexibility index (Phi) is 7.03. The molecule has 1 radical (unpaired) electrons. The van der Waals surface area contributed by atoms with Crippen molar-refractivity contribution in [2.45, 2.75) is 26.2 Å². The van der Waals surface area contributed by atoms with E-state index in [4.69, 9.17) is 4.98 Å². The standard InChI is InChI=1S/C21H16N.C17H12N.Ir/c1-12-11-17-19-18-14(9-6-10-16(18)21(17,2)3)13-7-4-5-8-15(13)20(19)22-12;1-2-7-14(8-3-1)15-9-6-10-16(13-15)17-11-4-5-12-18-17;/h4-7,9-11H,1-3H3;1-9,11-13H;/q2*-1;. The van der Waals surface area contributed by atoms with Crippen LogP contribution in [0.4, 0.5) is 0 Å². The number of hydrogen-bond acceptors (Lipinski definition) is 2. The quantitative estimate of drug-likeness (QED) is 0.132. The van der Waals surface area contributed by atoms with E-state index in [1.807, 2.05) is 48.5 Å². The Morgan fingerprint density at radius 3 is 2.27 bits per heavy atom. The van der Waals surface area contributed by atoms with Gasteiger partial charge in [-0.25, -0.2) is 0 Å². The molecule has 0 spiro atoms. The van der Waals surface area contributed by atoms with Crippen LogP contribution in [-0.4, -0.2) is 9.97 Å². The van der Waals surface area contributed by atoms with Gasteiger partial charge in [-0.05, 0) is 57.7 Å². The molecule has 5 aromatic carbocycles. The summed E-state index contributed by atoms with van der Waals surface area (Å²) in [4.78, 5) is 9.23. The number of fused-ring (bicyclic) bond motifs is 3. The predicted molar refractivity (Wildman–Crippen MR) is 166 cm³/mol. The molecule has 201 valence electrons. The Bertz CT molecular complexity index is 1980. The number of pyridine rings is 2. The molecule has 3 heteroatoms. The van der Waals surface area contributed by atoms with Crippen LogP contribution in [0.3, 0.4) is 0 Å². The summed E-state index contributed by atoms with van der Waals surface area (Å²) in [6.45, 7) is 6.74. The van der Waals surface area contributed by atoms with Crippen molar-refractivity contribution in [3.63, 3.8) is 0 Å². The van der Waals surface area contributed by atoms with Crippen LogP contribution in [0.25, 0.3) is 54.8 Å². The molecule has 8 rings (SSSR count). The van der Waals surface area contributed by atoms with E-state index in [9.17, 15) is 0 Å². The van der Waals surface area contributed by atoms with Gasteiger partial charge >= 0.3 is 0 Å². The van der Waals surface area contributed by atoms with Crippen molar-refractivity contribution in [3.8, 4) is 22.4 Å². The van der Waals surface area contributed by atoms with Crippen molar-refractivity contribution in [3.05, 3.63) is 144 Å². The second kappa shape index (κ2) is 10.7. The minimum absolute atomic E-state index is 0. The van der Waals surface area contributed by atoms with Crippen LogP contribution in [0.2, 0.25) is 0 Å². The Morgan fingerprint density at radius 1 is 0.659 bits per heavy atom. The molecule has 0 fully saturated rings. The van der Waals surface area contributed by atoms with Crippen molar-refractivity contribution in [2.75, 3.05) is 0 Å². The summed E-state index contributed by atoms with van der Waals surface area (Å²) in [6, 6.07) is 44.3. The summed E-state index contributed by atoms with van der Waals surface area (Å²) < 4.78 is 0. The van der Waals surface area contributed by atoms with Crippen LogP contribution >= 0.6 is 0 Å². The largest absolute Gasteiger partial charge is 0.305 e. The van der Waals surface area contributed by atoms with E-state index in [0.29, 0.717) is 0 Å². The number of nitrogens with zero attached hydrogens (tertiary/aromatic N) is 2. The zero-order valence-electron chi connectivity index (χ0n) is 23.2. The van der Waals surface area contributed by atoms with Gasteiger partial charge in [-0.1, -0.05) is 85.3 Å². The van der Waals surface area contributed by atoms with E-state index in [2.05, 4.69) is 98.6 Å². The molecule has 0 saturated carbocycles. The molecule has 2 heterocycles. The minimum Gasteiger partial charge on any atom is -0.305 e. The predicted octanol–water partition coefficient (Wildman–Crippen LogP) is 9.50. The van der Waals surface area contributed by atoms with Gasteiger partial charge in [0, 0.05) is 37.4 Å². The molecular weight excluding hydrogens is 677 g/mol. The first-order valence-electron chi connectivity index (χ1n) is 13.7. The molecule has 0 atom stereocenters. The van der Waals surface area contributed by atoms with E-state index < -0.39 is 0 Å². The van der Waals surface area contributed by atoms with Crippen molar-refractivity contribution in [1.29, 1.82) is 0 Å². The maximum absolute atomic E-state index is 4.88. The summed E-state index contributed by atoms with van der Waals surface area (Å²) in [7, 11) is 0. The third-order valence-electron chi connectivity index (χ3n) is 8.04. The first-order valence-corrected chi connectivity index (χ1v) is 13.7. The molecule has 1 aliphatic carbocycles. The first kappa shape index (κ1) is 27.0. The maximum Gasteiger partial charge on any atom is 0.0269 e. The molecule has 2 nitrogen and oxygen atoms in total. The van der Waals surface area contributed by atoms with Gasteiger partial charge in [-0.3, -0.25) is 0 Å². The van der Waals surface area contributed by atoms with Crippen LogP contribution < -0.4 is 0 Å². The molecule has 0 saturated heterocycles. The SMILES string of the molecule is Cc1cc2c3c(n1)c1[c-]cccc1c1cccc(c13)C2(C)C.[Ir].[c-]1ccc(-c2ccccc2)cc1-c1ccccn1. The van der Waals surface area contributed by atoms with Gasteiger partial charge in [0.05, 0.1) is 0 Å². The Hall–Kier alpha value is -4.17. The van der Waals surface area contributed by atoms with E-state index in [1.165, 1.54) is 43.8 Å². The molecule has 41 heavy (non-hydrogen) atoms. The summed E-state index contributed by atoms with van der Waals surface area (Å²) >= 11 is 0. The Morgan fingerprint density at radius 2 is 1.46 bits per heavy atom. The molecular formula is C38H28IrN2-2. The van der Waals surface area contributed by atoms with Crippen molar-refractivity contribution < 1.29 is 20.1 Å². The van der Waals surface area contributed by atoms with Crippen LogP contribution in [0.1, 0.15) is 30.7 Å². The van der Waals surface area contributed by atoms with Crippen molar-refractivity contribution in [2.24, 2.45) is 0 Å². The van der Waals surface area contributed by atoms with Crippen LogP contribution in [-0.2, 0) is 25.5 Å². The molecule has 0 amide bonds. The fourth-order valence-electron chi connectivity index (χ4n) is 6.12. The third-order valence-corrected chi connectivity index (χ3v) is 8.04. The fraction of sp³-hybridized carbons (Fsp3) is 0.105. The van der Waals surface area contributed by atoms with Gasteiger partial charge in [-0.2, -0.15) is 0 Å². The molecule has 7 aromatic rings. The molecule has 2 aromatic heterocycles. The Labute approximate surface area is 254 Å². The average Bonchev–Trinajstić information content (AvgIpc) is 3.24. The summed E-state index contributed by atoms with van der Waals surface area (Å²) in [5.41, 5.74) is 9.43. The zero-order valence-corrected chi connectivity index (χ0v) is 25.6. The van der Waals surface area contributed by atoms with E-state index in [0.717, 1.165) is 27.9 Å². The maximum atomic E-state index is 4.88. The van der Waals surface area contributed by atoms with Gasteiger partial charge in [0.2, 0.25) is 0 Å². The van der Waals surface area contributed by atoms with Gasteiger partial charge < -0.3 is 9.97 Å². The monoisotopic (exact) mass is 705 g/mol. The number of hydrogen-bond donors (Lipinski definition) is 0. The van der Waals surface area contributed by atoms with E-state index >= 15 is 0 Å². The van der Waals surface area contributed by atoms with Gasteiger partial charge in [-0.15, -0.1) is 65.0 Å². The van der Waals surface area contributed by atoms with Gasteiger partial charge in [0.25, 0.3) is 0 Å². The zero-order chi connectivity index (χ0) is 27.3. The van der Waals surface area contributed by atoms with E-state index in [-0.39, 0.29) is 25.5 Å². The summed E-state index contributed by atoms with van der Waals surface area (Å²) in [6.07, 6.45) is 1.80. The molecule has 0 N–H and O–H groups in total. The van der Waals surface area contributed by atoms with Crippen LogP contribution in [0, 0.1) is 19.1 Å². The topological polar surface area (TPSA) is 25.8 Å². The minimum atomic E-state index is 0. The van der Waals surface area contributed by atoms with E-state index in [1.54, 1.807) is 6.20 Å². The van der Waals surface area contributed by atoms with Crippen molar-refractivity contribution in [1.82, 2.24) is 9.97 Å². The second-order valence-electron chi connectivity index (χ2n) is 10.9. The molecule has 1 aliphatic rings. The number of aromatic nitrogens is 2. The summed E-state index contributed by atoms with van der Waals surface area (Å²) in [5, 5.41) is 6.45. The van der Waals surface area contributed by atoms with Crippen LogP contribution in [0.5, 0.6) is 0 Å². The number of rotatable bonds is 2. The fourth-order valence-corrected chi connectivity index (χ4v) is 6.12. The number of benzene rings is 5. The van der Waals surface area contributed by atoms with Gasteiger partial charge in [0.15, 0.2) is 0 Å². The smallest absolute Gasteiger partial charge is 0.0269 e. The summed E-state index contributed by atoms with van der Waals surface area (Å²) in [5.74, 6) is 0. The first-order chi connectivity index (χ1) is 19.5. The van der Waals surface area contributed by atoms with Gasteiger partial charge in [0.1, 0.15) is 0 Å². The Balaban J connectivity index is 0.000000147. The third kappa shape index (κ3) is 4.56.